The van der Waals surface area contributed by atoms with Gasteiger partial charge in [0.25, 0.3) is 0 Å². The first-order valence-corrected chi connectivity index (χ1v) is 10.8. The summed E-state index contributed by atoms with van der Waals surface area (Å²) >= 11 is 0. The molecule has 0 aliphatic carbocycles. The van der Waals surface area contributed by atoms with Crippen LogP contribution in [0.5, 0.6) is 0 Å². The summed E-state index contributed by atoms with van der Waals surface area (Å²) in [6, 6.07) is 7.20. The minimum absolute atomic E-state index is 0.0403. The highest BCUT2D eigenvalue weighted by Gasteiger charge is 2.34. The second-order valence-corrected chi connectivity index (χ2v) is 10.1. The number of aryl methyl sites for hydroxylation is 1. The van der Waals surface area contributed by atoms with Gasteiger partial charge in [-0.3, -0.25) is 0 Å². The molecule has 1 fully saturated rings. The van der Waals surface area contributed by atoms with Crippen molar-refractivity contribution in [2.75, 3.05) is 33.2 Å². The highest BCUT2D eigenvalue weighted by molar-refractivity contribution is 7.88. The molecule has 1 aromatic rings. The van der Waals surface area contributed by atoms with Crippen LogP contribution >= 0.6 is 0 Å². The quantitative estimate of drug-likeness (QED) is 0.822. The average Bonchev–Trinajstić information content (AvgIpc) is 2.50. The molecule has 7 nitrogen and oxygen atoms in total. The third-order valence-corrected chi connectivity index (χ3v) is 6.20. The number of piperazine rings is 1. The monoisotopic (exact) mass is 397 g/mol. The van der Waals surface area contributed by atoms with Crippen LogP contribution in [0.25, 0.3) is 0 Å². The number of nitrogens with one attached hydrogen (secondary N) is 1. The number of alkyl carbamates (subject to hydrolysis) is 1. The van der Waals surface area contributed by atoms with Gasteiger partial charge in [-0.2, -0.15) is 4.31 Å². The van der Waals surface area contributed by atoms with E-state index in [1.54, 1.807) is 20.8 Å². The normalized spacial score (nSPS) is 19.7. The van der Waals surface area contributed by atoms with Crippen LogP contribution in [0.4, 0.5) is 4.79 Å². The van der Waals surface area contributed by atoms with E-state index >= 15 is 0 Å². The molecule has 1 aliphatic heterocycles. The van der Waals surface area contributed by atoms with Crippen molar-refractivity contribution < 1.29 is 17.9 Å². The number of hydrogen-bond acceptors (Lipinski definition) is 5. The lowest BCUT2D eigenvalue weighted by Crippen LogP contribution is -2.58. The summed E-state index contributed by atoms with van der Waals surface area (Å²) in [5.74, 6) is -0.0403. The SMILES string of the molecule is Cc1cccc(CS(=O)(=O)N2CCN(C)CC2CNC(=O)OC(C)(C)C)c1. The molecule has 0 saturated carbocycles. The van der Waals surface area contributed by atoms with Gasteiger partial charge in [0, 0.05) is 26.2 Å². The zero-order valence-electron chi connectivity index (χ0n) is 16.9. The van der Waals surface area contributed by atoms with Gasteiger partial charge in [-0.15, -0.1) is 0 Å². The van der Waals surface area contributed by atoms with E-state index in [9.17, 15) is 13.2 Å². The van der Waals surface area contributed by atoms with E-state index in [4.69, 9.17) is 4.74 Å². The Morgan fingerprint density at radius 2 is 2.00 bits per heavy atom. The molecule has 1 heterocycles. The molecular formula is C19H31N3O4S. The van der Waals surface area contributed by atoms with Crippen LogP contribution in [0, 0.1) is 6.92 Å². The van der Waals surface area contributed by atoms with Crippen molar-refractivity contribution in [3.63, 3.8) is 0 Å². The Balaban J connectivity index is 2.08. The molecule has 1 N–H and O–H groups in total. The van der Waals surface area contributed by atoms with E-state index in [1.807, 2.05) is 38.2 Å². The van der Waals surface area contributed by atoms with Crippen LogP contribution in [0.1, 0.15) is 31.9 Å². The van der Waals surface area contributed by atoms with Crippen LogP contribution in [-0.2, 0) is 20.5 Å². The topological polar surface area (TPSA) is 79.0 Å². The number of sulfonamides is 1. The number of nitrogens with zero attached hydrogens (tertiary/aromatic N) is 2. The van der Waals surface area contributed by atoms with Gasteiger partial charge in [-0.1, -0.05) is 29.8 Å². The molecule has 0 bridgehead atoms. The molecule has 1 unspecified atom stereocenters. The fourth-order valence-electron chi connectivity index (χ4n) is 3.14. The Morgan fingerprint density at radius 3 is 2.63 bits per heavy atom. The number of carbonyl (C=O) groups is 1. The molecule has 1 atom stereocenters. The lowest BCUT2D eigenvalue weighted by molar-refractivity contribution is 0.0503. The van der Waals surface area contributed by atoms with Gasteiger partial charge in [0.1, 0.15) is 5.60 Å². The lowest BCUT2D eigenvalue weighted by atomic mass is 10.2. The van der Waals surface area contributed by atoms with Crippen LogP contribution in [0.2, 0.25) is 0 Å². The minimum atomic E-state index is -3.49. The van der Waals surface area contributed by atoms with Gasteiger partial charge in [-0.25, -0.2) is 13.2 Å². The summed E-state index contributed by atoms with van der Waals surface area (Å²) in [6.45, 7) is 9.16. The summed E-state index contributed by atoms with van der Waals surface area (Å²) in [5.41, 5.74) is 1.21. The van der Waals surface area contributed by atoms with Gasteiger partial charge in [0.05, 0.1) is 11.8 Å². The molecule has 1 aliphatic rings. The Labute approximate surface area is 162 Å². The second kappa shape index (κ2) is 8.58. The number of amides is 1. The number of carbonyl (C=O) groups excluding carboxylic acids is 1. The summed E-state index contributed by atoms with van der Waals surface area (Å²) in [4.78, 5) is 14.0. The summed E-state index contributed by atoms with van der Waals surface area (Å²) in [5, 5.41) is 2.71. The Kier molecular flexibility index (Phi) is 6.88. The largest absolute Gasteiger partial charge is 0.444 e. The van der Waals surface area contributed by atoms with Crippen molar-refractivity contribution in [1.29, 1.82) is 0 Å². The molecule has 0 spiro atoms. The van der Waals surface area contributed by atoms with Crippen molar-refractivity contribution in [2.45, 2.75) is 45.1 Å². The smallest absolute Gasteiger partial charge is 0.407 e. The first kappa shape index (κ1) is 21.7. The molecule has 27 heavy (non-hydrogen) atoms. The molecule has 0 aromatic heterocycles. The van der Waals surface area contributed by atoms with Gasteiger partial charge in [0.2, 0.25) is 10.0 Å². The van der Waals surface area contributed by atoms with E-state index in [0.29, 0.717) is 19.6 Å². The minimum Gasteiger partial charge on any atom is -0.444 e. The number of rotatable bonds is 5. The van der Waals surface area contributed by atoms with E-state index in [1.165, 1.54) is 4.31 Å². The van der Waals surface area contributed by atoms with Crippen LogP contribution in [0.15, 0.2) is 24.3 Å². The van der Waals surface area contributed by atoms with Gasteiger partial charge >= 0.3 is 6.09 Å². The molecule has 1 amide bonds. The van der Waals surface area contributed by atoms with Crippen LogP contribution in [0.3, 0.4) is 0 Å². The molecule has 2 rings (SSSR count). The van der Waals surface area contributed by atoms with Crippen LogP contribution in [-0.4, -0.2) is 68.6 Å². The fraction of sp³-hybridized carbons (Fsp3) is 0.632. The van der Waals surface area contributed by atoms with Gasteiger partial charge < -0.3 is 15.0 Å². The summed E-state index contributed by atoms with van der Waals surface area (Å²) < 4.78 is 32.8. The maximum Gasteiger partial charge on any atom is 0.407 e. The van der Waals surface area contributed by atoms with Gasteiger partial charge in [0.15, 0.2) is 0 Å². The van der Waals surface area contributed by atoms with Crippen molar-refractivity contribution in [1.82, 2.24) is 14.5 Å². The number of ether oxygens (including phenoxy) is 1. The zero-order chi connectivity index (χ0) is 20.2. The maximum atomic E-state index is 13.0. The molecule has 1 aromatic carbocycles. The number of benzene rings is 1. The van der Waals surface area contributed by atoms with Crippen molar-refractivity contribution in [2.24, 2.45) is 0 Å². The standard InChI is InChI=1S/C19H31N3O4S/c1-15-7-6-8-16(11-15)14-27(24,25)22-10-9-21(5)13-17(22)12-20-18(23)26-19(2,3)4/h6-8,11,17H,9-10,12-14H2,1-5H3,(H,20,23). The highest BCUT2D eigenvalue weighted by atomic mass is 32.2. The predicted molar refractivity (Wildman–Crippen MR) is 106 cm³/mol. The molecular weight excluding hydrogens is 366 g/mol. The van der Waals surface area contributed by atoms with E-state index < -0.39 is 21.7 Å². The molecule has 152 valence electrons. The number of likely N-dealkylation sites (N-methyl/N-ethyl adjacent to an activating group) is 1. The first-order valence-electron chi connectivity index (χ1n) is 9.17. The van der Waals surface area contributed by atoms with Crippen molar-refractivity contribution >= 4 is 16.1 Å². The average molecular weight is 398 g/mol. The van der Waals surface area contributed by atoms with Crippen LogP contribution < -0.4 is 5.32 Å². The molecule has 0 radical (unpaired) electrons. The Bertz CT molecular complexity index is 758. The third-order valence-electron chi connectivity index (χ3n) is 4.30. The van der Waals surface area contributed by atoms with Crippen molar-refractivity contribution in [3.05, 3.63) is 35.4 Å². The second-order valence-electron chi connectivity index (χ2n) is 8.15. The third kappa shape index (κ3) is 6.79. The van der Waals surface area contributed by atoms with Crippen molar-refractivity contribution in [3.8, 4) is 0 Å². The maximum absolute atomic E-state index is 13.0. The molecule has 1 saturated heterocycles. The number of hydrogen-bond donors (Lipinski definition) is 1. The lowest BCUT2D eigenvalue weighted by Gasteiger charge is -2.39. The van der Waals surface area contributed by atoms with Gasteiger partial charge in [-0.05, 0) is 40.3 Å². The summed E-state index contributed by atoms with van der Waals surface area (Å²) in [7, 11) is -1.54. The summed E-state index contributed by atoms with van der Waals surface area (Å²) in [6.07, 6.45) is -0.535. The molecule has 8 heteroatoms. The first-order chi connectivity index (χ1) is 12.5. The predicted octanol–water partition coefficient (Wildman–Crippen LogP) is 1.97. The Morgan fingerprint density at radius 1 is 1.30 bits per heavy atom. The Hall–Kier alpha value is -1.64. The fourth-order valence-corrected chi connectivity index (χ4v) is 4.86. The van der Waals surface area contributed by atoms with E-state index in [2.05, 4.69) is 10.2 Å². The zero-order valence-corrected chi connectivity index (χ0v) is 17.7. The van der Waals surface area contributed by atoms with E-state index in [-0.39, 0.29) is 18.3 Å². The highest BCUT2D eigenvalue weighted by Crippen LogP contribution is 2.18. The van der Waals surface area contributed by atoms with E-state index in [0.717, 1.165) is 11.1 Å².